The van der Waals surface area contributed by atoms with E-state index in [0.29, 0.717) is 13.1 Å². The number of nitrogens with zero attached hydrogens (tertiary/aromatic N) is 3. The molecule has 28 heavy (non-hydrogen) atoms. The van der Waals surface area contributed by atoms with Crippen LogP contribution in [0.25, 0.3) is 0 Å². The molecule has 0 saturated carbocycles. The number of piperazine rings is 1. The second-order valence-electron chi connectivity index (χ2n) is 6.38. The molecule has 0 amide bonds. The number of hydrogen-bond acceptors (Lipinski definition) is 4. The fourth-order valence-corrected chi connectivity index (χ4v) is 3.13. The molecule has 1 aromatic carbocycles. The van der Waals surface area contributed by atoms with Crippen LogP contribution in [0.3, 0.4) is 0 Å². The van der Waals surface area contributed by atoms with E-state index in [2.05, 4.69) is 33.8 Å². The molecule has 0 aliphatic carbocycles. The summed E-state index contributed by atoms with van der Waals surface area (Å²) in [5.74, 6) is 2.79. The van der Waals surface area contributed by atoms with Gasteiger partial charge in [-0.05, 0) is 36.4 Å². The van der Waals surface area contributed by atoms with E-state index in [1.54, 1.807) is 13.4 Å². The molecule has 7 heteroatoms. The smallest absolute Gasteiger partial charge is 0.194 e. The molecule has 2 aromatic rings. The summed E-state index contributed by atoms with van der Waals surface area (Å²) in [7, 11) is 1.69. The Balaban J connectivity index is 0.00000280. The maximum Gasteiger partial charge on any atom is 0.194 e. The van der Waals surface area contributed by atoms with Gasteiger partial charge < -0.3 is 24.3 Å². The number of methoxy groups -OCH3 is 1. The molecule has 2 heterocycles. The van der Waals surface area contributed by atoms with Gasteiger partial charge in [-0.2, -0.15) is 0 Å². The van der Waals surface area contributed by atoms with E-state index in [-0.39, 0.29) is 24.0 Å². The highest BCUT2D eigenvalue weighted by molar-refractivity contribution is 14.0. The zero-order valence-electron chi connectivity index (χ0n) is 16.3. The molecule has 0 atom stereocenters. The summed E-state index contributed by atoms with van der Waals surface area (Å²) in [6.07, 6.45) is 4.36. The number of rotatable bonds is 7. The molecule has 1 aliphatic rings. The number of hydrogen-bond donors (Lipinski definition) is 1. The highest BCUT2D eigenvalue weighted by atomic mass is 127. The Morgan fingerprint density at radius 1 is 1.21 bits per heavy atom. The van der Waals surface area contributed by atoms with E-state index in [1.807, 2.05) is 30.3 Å². The maximum absolute atomic E-state index is 5.39. The average molecular weight is 496 g/mol. The lowest BCUT2D eigenvalue weighted by atomic mass is 10.2. The molecule has 0 unspecified atom stereocenters. The van der Waals surface area contributed by atoms with Crippen molar-refractivity contribution in [3.8, 4) is 5.75 Å². The van der Waals surface area contributed by atoms with E-state index < -0.39 is 0 Å². The molecule has 0 bridgehead atoms. The van der Waals surface area contributed by atoms with Gasteiger partial charge in [0, 0.05) is 51.4 Å². The van der Waals surface area contributed by atoms with E-state index in [4.69, 9.17) is 14.1 Å². The molecule has 152 valence electrons. The lowest BCUT2D eigenvalue weighted by Gasteiger charge is -2.37. The van der Waals surface area contributed by atoms with Crippen molar-refractivity contribution >= 4 is 35.6 Å². The first-order chi connectivity index (χ1) is 13.3. The van der Waals surface area contributed by atoms with E-state index in [9.17, 15) is 0 Å². The number of nitrogens with one attached hydrogen (secondary N) is 1. The van der Waals surface area contributed by atoms with Gasteiger partial charge in [-0.25, -0.2) is 0 Å². The standard InChI is InChI=1S/C21H28N4O2.HI/c1-3-11-22-21(23-12-10-20-5-4-17-27-20)25-15-13-24(14-16-25)18-6-8-19(26-2)9-7-18;/h3-9,17H,1,10-16H2,2H3,(H,22,23);1H. The molecule has 1 saturated heterocycles. The van der Waals surface area contributed by atoms with Crippen molar-refractivity contribution in [1.29, 1.82) is 0 Å². The monoisotopic (exact) mass is 496 g/mol. The molecule has 1 N–H and O–H groups in total. The normalized spacial score (nSPS) is 14.4. The van der Waals surface area contributed by atoms with Gasteiger partial charge in [0.15, 0.2) is 5.96 Å². The van der Waals surface area contributed by atoms with Crippen LogP contribution >= 0.6 is 24.0 Å². The molecule has 0 spiro atoms. The third-order valence-electron chi connectivity index (χ3n) is 4.62. The van der Waals surface area contributed by atoms with Gasteiger partial charge in [0.1, 0.15) is 11.5 Å². The van der Waals surface area contributed by atoms with E-state index in [0.717, 1.165) is 50.1 Å². The summed E-state index contributed by atoms with van der Waals surface area (Å²) >= 11 is 0. The lowest BCUT2D eigenvalue weighted by molar-refractivity contribution is 0.373. The number of anilines is 1. The van der Waals surface area contributed by atoms with Crippen LogP contribution in [0.4, 0.5) is 5.69 Å². The molecule has 0 radical (unpaired) electrons. The number of guanidine groups is 1. The van der Waals surface area contributed by atoms with Gasteiger partial charge in [0.05, 0.1) is 13.4 Å². The minimum atomic E-state index is 0. The van der Waals surface area contributed by atoms with Crippen LogP contribution in [0.15, 0.2) is 64.7 Å². The van der Waals surface area contributed by atoms with Crippen LogP contribution in [-0.2, 0) is 6.42 Å². The molecule has 1 aliphatic heterocycles. The summed E-state index contributed by atoms with van der Waals surface area (Å²) in [6, 6.07) is 12.1. The molecule has 6 nitrogen and oxygen atoms in total. The van der Waals surface area contributed by atoms with Crippen molar-refractivity contribution in [2.45, 2.75) is 6.42 Å². The third-order valence-corrected chi connectivity index (χ3v) is 4.62. The molecule has 3 rings (SSSR count). The number of furan rings is 1. The van der Waals surface area contributed by atoms with Gasteiger partial charge in [-0.15, -0.1) is 30.6 Å². The second kappa shape index (κ2) is 11.6. The third kappa shape index (κ3) is 6.19. The summed E-state index contributed by atoms with van der Waals surface area (Å²) in [6.45, 7) is 8.97. The van der Waals surface area contributed by atoms with Gasteiger partial charge in [0.2, 0.25) is 0 Å². The van der Waals surface area contributed by atoms with E-state index >= 15 is 0 Å². The number of ether oxygens (including phenoxy) is 1. The number of benzene rings is 1. The minimum Gasteiger partial charge on any atom is -0.497 e. The Morgan fingerprint density at radius 2 is 1.96 bits per heavy atom. The van der Waals surface area contributed by atoms with Gasteiger partial charge >= 0.3 is 0 Å². The maximum atomic E-state index is 5.39. The second-order valence-corrected chi connectivity index (χ2v) is 6.38. The Labute approximate surface area is 184 Å². The fourth-order valence-electron chi connectivity index (χ4n) is 3.13. The van der Waals surface area contributed by atoms with Crippen LogP contribution in [0, 0.1) is 0 Å². The predicted octanol–water partition coefficient (Wildman–Crippen LogP) is 3.40. The summed E-state index contributed by atoms with van der Waals surface area (Å²) < 4.78 is 10.6. The van der Waals surface area contributed by atoms with Gasteiger partial charge in [-0.3, -0.25) is 4.99 Å². The topological polar surface area (TPSA) is 53.2 Å². The first kappa shape index (κ1) is 22.1. The quantitative estimate of drug-likeness (QED) is 0.276. The molecular formula is C21H29IN4O2. The highest BCUT2D eigenvalue weighted by Crippen LogP contribution is 2.20. The Bertz CT molecular complexity index is 723. The van der Waals surface area contributed by atoms with E-state index in [1.165, 1.54) is 5.69 Å². The zero-order chi connectivity index (χ0) is 18.9. The Morgan fingerprint density at radius 3 is 2.57 bits per heavy atom. The zero-order valence-corrected chi connectivity index (χ0v) is 18.7. The largest absolute Gasteiger partial charge is 0.497 e. The van der Waals surface area contributed by atoms with Crippen LogP contribution in [0.1, 0.15) is 5.76 Å². The average Bonchev–Trinajstić information content (AvgIpc) is 3.24. The van der Waals surface area contributed by atoms with Crippen LogP contribution in [0.2, 0.25) is 0 Å². The minimum absolute atomic E-state index is 0. The summed E-state index contributed by atoms with van der Waals surface area (Å²) in [5.41, 5.74) is 1.23. The van der Waals surface area contributed by atoms with Crippen molar-refractivity contribution < 1.29 is 9.15 Å². The van der Waals surface area contributed by atoms with Crippen molar-refractivity contribution in [2.75, 3.05) is 51.3 Å². The number of halogens is 1. The first-order valence-electron chi connectivity index (χ1n) is 9.35. The van der Waals surface area contributed by atoms with Crippen LogP contribution in [0.5, 0.6) is 5.75 Å². The van der Waals surface area contributed by atoms with Crippen molar-refractivity contribution in [3.63, 3.8) is 0 Å². The Hall–Kier alpha value is -2.16. The Kier molecular flexibility index (Phi) is 9.19. The highest BCUT2D eigenvalue weighted by Gasteiger charge is 2.19. The molecular weight excluding hydrogens is 467 g/mol. The predicted molar refractivity (Wildman–Crippen MR) is 125 cm³/mol. The van der Waals surface area contributed by atoms with Crippen molar-refractivity contribution in [3.05, 3.63) is 61.1 Å². The SMILES string of the molecule is C=CCNC(=NCCc1ccco1)N1CCN(c2ccc(OC)cc2)CC1.I. The summed E-state index contributed by atoms with van der Waals surface area (Å²) in [4.78, 5) is 9.47. The van der Waals surface area contributed by atoms with Crippen LogP contribution in [-0.4, -0.2) is 57.2 Å². The van der Waals surface area contributed by atoms with Crippen molar-refractivity contribution in [1.82, 2.24) is 10.2 Å². The number of aliphatic imine (C=N–C) groups is 1. The molecule has 1 fully saturated rings. The lowest BCUT2D eigenvalue weighted by Crippen LogP contribution is -2.52. The molecule has 1 aromatic heterocycles. The van der Waals surface area contributed by atoms with Crippen molar-refractivity contribution in [2.24, 2.45) is 4.99 Å². The van der Waals surface area contributed by atoms with Gasteiger partial charge in [0.25, 0.3) is 0 Å². The first-order valence-corrected chi connectivity index (χ1v) is 9.35. The van der Waals surface area contributed by atoms with Crippen LogP contribution < -0.4 is 15.0 Å². The van der Waals surface area contributed by atoms with Gasteiger partial charge in [-0.1, -0.05) is 6.08 Å². The summed E-state index contributed by atoms with van der Waals surface area (Å²) in [5, 5.41) is 3.38. The fraction of sp³-hybridized carbons (Fsp3) is 0.381.